The molecule has 0 bridgehead atoms. The zero-order chi connectivity index (χ0) is 13.5. The summed E-state index contributed by atoms with van der Waals surface area (Å²) in [4.78, 5) is 13.9. The van der Waals surface area contributed by atoms with Gasteiger partial charge in [-0.15, -0.1) is 0 Å². The van der Waals surface area contributed by atoms with E-state index >= 15 is 0 Å². The smallest absolute Gasteiger partial charge is 0.238 e. The van der Waals surface area contributed by atoms with Crippen molar-refractivity contribution < 1.29 is 4.79 Å². The number of carbonyl (C=O) groups is 1. The van der Waals surface area contributed by atoms with Crippen LogP contribution in [0.3, 0.4) is 0 Å². The summed E-state index contributed by atoms with van der Waals surface area (Å²) in [5.41, 5.74) is 4.88. The molecule has 0 aliphatic carbocycles. The van der Waals surface area contributed by atoms with Gasteiger partial charge in [-0.3, -0.25) is 4.79 Å². The summed E-state index contributed by atoms with van der Waals surface area (Å²) in [6, 6.07) is 0.248. The number of nitrogens with one attached hydrogen (secondary N) is 1. The van der Waals surface area contributed by atoms with Gasteiger partial charge in [-0.05, 0) is 40.3 Å². The number of likely N-dealkylation sites (N-methyl/N-ethyl adjacent to an activating group) is 1. The first-order valence-corrected chi connectivity index (χ1v) is 6.65. The van der Waals surface area contributed by atoms with Crippen LogP contribution in [0.1, 0.15) is 47.5 Å². The highest BCUT2D eigenvalue weighted by Gasteiger charge is 2.33. The van der Waals surface area contributed by atoms with Crippen LogP contribution in [0, 0.1) is 0 Å². The summed E-state index contributed by atoms with van der Waals surface area (Å²) in [5, 5.41) is 3.28. The number of hydrogen-bond donors (Lipinski definition) is 2. The molecule has 4 nitrogen and oxygen atoms in total. The van der Waals surface area contributed by atoms with Crippen molar-refractivity contribution in [3.05, 3.63) is 0 Å². The van der Waals surface area contributed by atoms with Gasteiger partial charge in [-0.25, -0.2) is 0 Å². The molecule has 0 fully saturated rings. The van der Waals surface area contributed by atoms with Crippen molar-refractivity contribution in [3.8, 4) is 0 Å². The Labute approximate surface area is 106 Å². The quantitative estimate of drug-likeness (QED) is 0.643. The molecule has 0 aliphatic heterocycles. The Balaban J connectivity index is 4.54. The van der Waals surface area contributed by atoms with Crippen LogP contribution in [0.15, 0.2) is 0 Å². The van der Waals surface area contributed by atoms with Gasteiger partial charge in [-0.1, -0.05) is 20.3 Å². The Kier molecular flexibility index (Phi) is 7.39. The lowest BCUT2D eigenvalue weighted by Crippen LogP contribution is -2.61. The van der Waals surface area contributed by atoms with Crippen molar-refractivity contribution in [1.29, 1.82) is 0 Å². The predicted octanol–water partition coefficient (Wildman–Crippen LogP) is 1.35. The maximum absolute atomic E-state index is 11.6. The molecule has 0 aromatic carbocycles. The lowest BCUT2D eigenvalue weighted by molar-refractivity contribution is -0.124. The molecule has 17 heavy (non-hydrogen) atoms. The van der Waals surface area contributed by atoms with Gasteiger partial charge in [0.2, 0.25) is 5.91 Å². The Morgan fingerprint density at radius 3 is 2.35 bits per heavy atom. The maximum atomic E-state index is 11.6. The van der Waals surface area contributed by atoms with Crippen molar-refractivity contribution in [1.82, 2.24) is 10.2 Å². The van der Waals surface area contributed by atoms with E-state index in [2.05, 4.69) is 24.1 Å². The van der Waals surface area contributed by atoms with Gasteiger partial charge in [0.15, 0.2) is 0 Å². The van der Waals surface area contributed by atoms with Crippen molar-refractivity contribution in [3.63, 3.8) is 0 Å². The van der Waals surface area contributed by atoms with Gasteiger partial charge in [-0.2, -0.15) is 0 Å². The molecule has 1 atom stereocenters. The molecule has 102 valence electrons. The second kappa shape index (κ2) is 7.67. The second-order valence-electron chi connectivity index (χ2n) is 5.22. The fourth-order valence-corrected chi connectivity index (χ4v) is 2.01. The van der Waals surface area contributed by atoms with E-state index in [-0.39, 0.29) is 11.9 Å². The second-order valence-corrected chi connectivity index (χ2v) is 5.22. The lowest BCUT2D eigenvalue weighted by Gasteiger charge is -2.35. The number of nitrogens with two attached hydrogens (primary N) is 1. The molecule has 0 aliphatic rings. The third kappa shape index (κ3) is 6.03. The summed E-state index contributed by atoms with van der Waals surface area (Å²) in [5.74, 6) is -0.277. The van der Waals surface area contributed by atoms with Crippen LogP contribution >= 0.6 is 0 Å². The zero-order valence-electron chi connectivity index (χ0n) is 12.0. The molecule has 0 radical (unpaired) electrons. The first-order chi connectivity index (χ1) is 7.85. The monoisotopic (exact) mass is 243 g/mol. The zero-order valence-corrected chi connectivity index (χ0v) is 12.0. The molecular formula is C13H29N3O. The first-order valence-electron chi connectivity index (χ1n) is 6.65. The minimum absolute atomic E-state index is 0.248. The third-order valence-corrected chi connectivity index (χ3v) is 2.97. The number of nitrogens with zero attached hydrogens (tertiary/aromatic N) is 1. The lowest BCUT2D eigenvalue weighted by atomic mass is 9.99. The van der Waals surface area contributed by atoms with Gasteiger partial charge in [0.05, 0.1) is 0 Å². The van der Waals surface area contributed by atoms with E-state index in [4.69, 9.17) is 5.73 Å². The molecule has 0 saturated heterocycles. The van der Waals surface area contributed by atoms with E-state index in [0.717, 1.165) is 19.5 Å². The SMILES string of the molecule is CCCCN(CC)CC(C)(NC(C)C)C(N)=O. The molecule has 0 spiro atoms. The van der Waals surface area contributed by atoms with Crippen LogP contribution in [0.5, 0.6) is 0 Å². The largest absolute Gasteiger partial charge is 0.368 e. The van der Waals surface area contributed by atoms with E-state index in [1.54, 1.807) is 0 Å². The molecule has 1 amide bonds. The number of rotatable bonds is 9. The van der Waals surface area contributed by atoms with E-state index in [1.165, 1.54) is 6.42 Å². The number of carbonyl (C=O) groups excluding carboxylic acids is 1. The van der Waals surface area contributed by atoms with E-state index in [0.29, 0.717) is 6.54 Å². The molecule has 4 heteroatoms. The van der Waals surface area contributed by atoms with Crippen molar-refractivity contribution in [2.45, 2.75) is 59.0 Å². The normalized spacial score (nSPS) is 15.2. The molecule has 0 aromatic heterocycles. The van der Waals surface area contributed by atoms with Gasteiger partial charge < -0.3 is 16.0 Å². The standard InChI is InChI=1S/C13H29N3O/c1-6-8-9-16(7-2)10-13(5,12(14)17)15-11(3)4/h11,15H,6-10H2,1-5H3,(H2,14,17). The van der Waals surface area contributed by atoms with E-state index in [9.17, 15) is 4.79 Å². The number of hydrogen-bond acceptors (Lipinski definition) is 3. The Bertz CT molecular complexity index is 231. The number of amides is 1. The molecular weight excluding hydrogens is 214 g/mol. The summed E-state index contributed by atoms with van der Waals surface area (Å²) in [6.45, 7) is 12.9. The minimum Gasteiger partial charge on any atom is -0.368 e. The Morgan fingerprint density at radius 2 is 2.00 bits per heavy atom. The van der Waals surface area contributed by atoms with Crippen LogP contribution in [0.25, 0.3) is 0 Å². The van der Waals surface area contributed by atoms with E-state index in [1.807, 2.05) is 20.8 Å². The van der Waals surface area contributed by atoms with Crippen molar-refractivity contribution >= 4 is 5.91 Å². The van der Waals surface area contributed by atoms with Gasteiger partial charge in [0.25, 0.3) is 0 Å². The van der Waals surface area contributed by atoms with Crippen molar-refractivity contribution in [2.24, 2.45) is 5.73 Å². The van der Waals surface area contributed by atoms with Crippen LogP contribution < -0.4 is 11.1 Å². The topological polar surface area (TPSA) is 58.4 Å². The minimum atomic E-state index is -0.641. The summed E-state index contributed by atoms with van der Waals surface area (Å²) in [6.07, 6.45) is 2.33. The highest BCUT2D eigenvalue weighted by Crippen LogP contribution is 2.09. The third-order valence-electron chi connectivity index (χ3n) is 2.97. The van der Waals surface area contributed by atoms with Gasteiger partial charge >= 0.3 is 0 Å². The summed E-state index contributed by atoms with van der Waals surface area (Å²) >= 11 is 0. The highest BCUT2D eigenvalue weighted by atomic mass is 16.1. The van der Waals surface area contributed by atoms with E-state index < -0.39 is 5.54 Å². The summed E-state index contributed by atoms with van der Waals surface area (Å²) in [7, 11) is 0. The average molecular weight is 243 g/mol. The molecule has 0 saturated carbocycles. The first kappa shape index (κ1) is 16.4. The number of primary amides is 1. The molecule has 0 aromatic rings. The fourth-order valence-electron chi connectivity index (χ4n) is 2.01. The van der Waals surface area contributed by atoms with Crippen LogP contribution in [0.2, 0.25) is 0 Å². The van der Waals surface area contributed by atoms with Gasteiger partial charge in [0.1, 0.15) is 5.54 Å². The summed E-state index contributed by atoms with van der Waals surface area (Å²) < 4.78 is 0. The molecule has 0 rings (SSSR count). The van der Waals surface area contributed by atoms with Crippen LogP contribution in [-0.4, -0.2) is 42.0 Å². The molecule has 3 N–H and O–H groups in total. The predicted molar refractivity (Wildman–Crippen MR) is 72.9 cm³/mol. The highest BCUT2D eigenvalue weighted by molar-refractivity contribution is 5.84. The van der Waals surface area contributed by atoms with Crippen molar-refractivity contribution in [2.75, 3.05) is 19.6 Å². The Hall–Kier alpha value is -0.610. The Morgan fingerprint density at radius 1 is 1.41 bits per heavy atom. The maximum Gasteiger partial charge on any atom is 0.238 e. The van der Waals surface area contributed by atoms with Crippen LogP contribution in [0.4, 0.5) is 0 Å². The number of unbranched alkanes of at least 4 members (excludes halogenated alkanes) is 1. The average Bonchev–Trinajstić information content (AvgIpc) is 2.22. The van der Waals surface area contributed by atoms with Crippen LogP contribution in [-0.2, 0) is 4.79 Å². The van der Waals surface area contributed by atoms with Gasteiger partial charge in [0, 0.05) is 12.6 Å². The molecule has 1 unspecified atom stereocenters. The molecule has 0 heterocycles. The fraction of sp³-hybridized carbons (Fsp3) is 0.923.